The van der Waals surface area contributed by atoms with E-state index >= 15 is 0 Å². The van der Waals surface area contributed by atoms with Gasteiger partial charge in [-0.15, -0.1) is 0 Å². The standard InChI is InChI=1S/C19H23N5O2/c1-26-12-9-21-19(25)14(13-20)17-18(24-10-5-2-6-11-24)23-16-8-4-3-7-15(16)22-17/h3-4,7-8,14H,2,5-6,9-12H2,1H3,(H,21,25)/t14-/m1/s1. The predicted molar refractivity (Wildman–Crippen MR) is 98.8 cm³/mol. The molecule has 0 unspecified atom stereocenters. The summed E-state index contributed by atoms with van der Waals surface area (Å²) in [5, 5.41) is 12.4. The summed E-state index contributed by atoms with van der Waals surface area (Å²) in [5.74, 6) is -0.717. The summed E-state index contributed by atoms with van der Waals surface area (Å²) in [6, 6.07) is 9.65. The van der Waals surface area contributed by atoms with E-state index in [-0.39, 0.29) is 5.91 Å². The molecule has 1 atom stereocenters. The van der Waals surface area contributed by atoms with Gasteiger partial charge in [-0.05, 0) is 31.4 Å². The van der Waals surface area contributed by atoms with Crippen LogP contribution in [0.1, 0.15) is 30.9 Å². The van der Waals surface area contributed by atoms with Crippen LogP contribution < -0.4 is 10.2 Å². The molecule has 0 radical (unpaired) electrons. The maximum Gasteiger partial charge on any atom is 0.243 e. The van der Waals surface area contributed by atoms with Crippen LogP contribution in [0.3, 0.4) is 0 Å². The number of hydrogen-bond acceptors (Lipinski definition) is 6. The van der Waals surface area contributed by atoms with E-state index in [9.17, 15) is 10.1 Å². The van der Waals surface area contributed by atoms with Crippen molar-refractivity contribution in [2.45, 2.75) is 25.2 Å². The number of rotatable bonds is 6. The Morgan fingerprint density at radius 3 is 2.62 bits per heavy atom. The summed E-state index contributed by atoms with van der Waals surface area (Å²) in [5.41, 5.74) is 1.89. The van der Waals surface area contributed by atoms with Crippen LogP contribution in [0.15, 0.2) is 24.3 Å². The predicted octanol–water partition coefficient (Wildman–Crippen LogP) is 1.99. The van der Waals surface area contributed by atoms with E-state index in [2.05, 4.69) is 21.3 Å². The third-order valence-electron chi connectivity index (χ3n) is 4.50. The van der Waals surface area contributed by atoms with Crippen LogP contribution in [0.4, 0.5) is 5.82 Å². The van der Waals surface area contributed by atoms with Crippen LogP contribution in [0.2, 0.25) is 0 Å². The third-order valence-corrected chi connectivity index (χ3v) is 4.50. The van der Waals surface area contributed by atoms with Gasteiger partial charge in [-0.25, -0.2) is 9.97 Å². The number of nitrogens with one attached hydrogen (secondary N) is 1. The molecule has 1 aromatic carbocycles. The van der Waals surface area contributed by atoms with Gasteiger partial charge in [0, 0.05) is 26.7 Å². The highest BCUT2D eigenvalue weighted by Crippen LogP contribution is 2.29. The van der Waals surface area contributed by atoms with E-state index in [0.29, 0.717) is 30.2 Å². The van der Waals surface area contributed by atoms with Crippen molar-refractivity contribution in [2.75, 3.05) is 38.3 Å². The van der Waals surface area contributed by atoms with Gasteiger partial charge in [-0.1, -0.05) is 12.1 Å². The largest absolute Gasteiger partial charge is 0.383 e. The van der Waals surface area contributed by atoms with Gasteiger partial charge in [0.05, 0.1) is 23.7 Å². The van der Waals surface area contributed by atoms with E-state index < -0.39 is 5.92 Å². The summed E-state index contributed by atoms with van der Waals surface area (Å²) >= 11 is 0. The number of hydrogen-bond donors (Lipinski definition) is 1. The van der Waals surface area contributed by atoms with Crippen LogP contribution in [-0.2, 0) is 9.53 Å². The average Bonchev–Trinajstić information content (AvgIpc) is 2.69. The fourth-order valence-corrected chi connectivity index (χ4v) is 3.16. The first-order chi connectivity index (χ1) is 12.7. The van der Waals surface area contributed by atoms with E-state index in [1.165, 1.54) is 6.42 Å². The summed E-state index contributed by atoms with van der Waals surface area (Å²) in [6.07, 6.45) is 3.34. The first kappa shape index (κ1) is 18.1. The molecule has 7 nitrogen and oxygen atoms in total. The molecule has 0 spiro atoms. The van der Waals surface area contributed by atoms with Crippen molar-refractivity contribution in [2.24, 2.45) is 0 Å². The maximum atomic E-state index is 12.5. The van der Waals surface area contributed by atoms with Crippen LogP contribution in [-0.4, -0.2) is 49.2 Å². The molecular weight excluding hydrogens is 330 g/mol. The number of aromatic nitrogens is 2. The van der Waals surface area contributed by atoms with Gasteiger partial charge in [-0.3, -0.25) is 4.79 Å². The molecule has 2 aromatic rings. The molecule has 1 amide bonds. The SMILES string of the molecule is COCCNC(=O)[C@H](C#N)c1nc2ccccc2nc1N1CCCCC1. The summed E-state index contributed by atoms with van der Waals surface area (Å²) < 4.78 is 4.95. The van der Waals surface area contributed by atoms with E-state index in [1.54, 1.807) is 7.11 Å². The van der Waals surface area contributed by atoms with Crippen LogP contribution in [0, 0.1) is 11.3 Å². The molecular formula is C19H23N5O2. The van der Waals surface area contributed by atoms with E-state index in [4.69, 9.17) is 9.72 Å². The lowest BCUT2D eigenvalue weighted by Gasteiger charge is -2.29. The molecule has 136 valence electrons. The second-order valence-electron chi connectivity index (χ2n) is 6.31. The minimum Gasteiger partial charge on any atom is -0.383 e. The number of nitrogens with zero attached hydrogens (tertiary/aromatic N) is 4. The highest BCUT2D eigenvalue weighted by Gasteiger charge is 2.29. The maximum absolute atomic E-state index is 12.5. The minimum atomic E-state index is -0.999. The molecule has 1 saturated heterocycles. The van der Waals surface area contributed by atoms with Gasteiger partial charge < -0.3 is 15.0 Å². The van der Waals surface area contributed by atoms with Crippen LogP contribution in [0.25, 0.3) is 11.0 Å². The Balaban J connectivity index is 2.00. The Morgan fingerprint density at radius 2 is 1.96 bits per heavy atom. The lowest BCUT2D eigenvalue weighted by atomic mass is 10.0. The van der Waals surface area contributed by atoms with Crippen molar-refractivity contribution in [1.29, 1.82) is 5.26 Å². The monoisotopic (exact) mass is 353 g/mol. The van der Waals surface area contributed by atoms with Crippen LogP contribution in [0.5, 0.6) is 0 Å². The highest BCUT2D eigenvalue weighted by molar-refractivity contribution is 5.88. The van der Waals surface area contributed by atoms with Crippen molar-refractivity contribution >= 4 is 22.8 Å². The number of piperidine rings is 1. The summed E-state index contributed by atoms with van der Waals surface area (Å²) in [6.45, 7) is 2.48. The van der Waals surface area contributed by atoms with Gasteiger partial charge in [-0.2, -0.15) is 5.26 Å². The molecule has 0 aliphatic carbocycles. The Kier molecular flexibility index (Phi) is 5.97. The van der Waals surface area contributed by atoms with E-state index in [0.717, 1.165) is 31.4 Å². The fraction of sp³-hybridized carbons (Fsp3) is 0.474. The number of para-hydroxylation sites is 2. The molecule has 2 heterocycles. The normalized spacial score (nSPS) is 15.5. The molecule has 0 saturated carbocycles. The molecule has 1 fully saturated rings. The van der Waals surface area contributed by atoms with Crippen molar-refractivity contribution in [3.63, 3.8) is 0 Å². The second kappa shape index (κ2) is 8.59. The topological polar surface area (TPSA) is 91.1 Å². The zero-order valence-electron chi connectivity index (χ0n) is 14.9. The Hall–Kier alpha value is -2.72. The molecule has 1 aromatic heterocycles. The van der Waals surface area contributed by atoms with Gasteiger partial charge in [0.2, 0.25) is 5.91 Å². The Morgan fingerprint density at radius 1 is 1.27 bits per heavy atom. The quantitative estimate of drug-likeness (QED) is 0.799. The minimum absolute atomic E-state index is 0.355. The summed E-state index contributed by atoms with van der Waals surface area (Å²) in [4.78, 5) is 24.1. The molecule has 26 heavy (non-hydrogen) atoms. The van der Waals surface area contributed by atoms with Crippen molar-refractivity contribution in [3.8, 4) is 6.07 Å². The van der Waals surface area contributed by atoms with Crippen LogP contribution >= 0.6 is 0 Å². The Bertz CT molecular complexity index is 811. The van der Waals surface area contributed by atoms with E-state index in [1.807, 2.05) is 24.3 Å². The van der Waals surface area contributed by atoms with Crippen molar-refractivity contribution in [1.82, 2.24) is 15.3 Å². The number of amides is 1. The van der Waals surface area contributed by atoms with Gasteiger partial charge in [0.25, 0.3) is 0 Å². The average molecular weight is 353 g/mol. The highest BCUT2D eigenvalue weighted by atomic mass is 16.5. The van der Waals surface area contributed by atoms with Crippen molar-refractivity contribution in [3.05, 3.63) is 30.0 Å². The van der Waals surface area contributed by atoms with Gasteiger partial charge >= 0.3 is 0 Å². The lowest BCUT2D eigenvalue weighted by molar-refractivity contribution is -0.121. The number of carbonyl (C=O) groups is 1. The molecule has 3 rings (SSSR count). The number of fused-ring (bicyclic) bond motifs is 1. The Labute approximate surface area is 153 Å². The number of nitriles is 1. The number of ether oxygens (including phenoxy) is 1. The lowest BCUT2D eigenvalue weighted by Crippen LogP contribution is -2.35. The first-order valence-corrected chi connectivity index (χ1v) is 8.92. The fourth-order valence-electron chi connectivity index (χ4n) is 3.16. The number of carbonyl (C=O) groups excluding carboxylic acids is 1. The smallest absolute Gasteiger partial charge is 0.243 e. The number of methoxy groups -OCH3 is 1. The third kappa shape index (κ3) is 3.92. The number of benzene rings is 1. The molecule has 7 heteroatoms. The molecule has 1 N–H and O–H groups in total. The zero-order valence-corrected chi connectivity index (χ0v) is 14.9. The van der Waals surface area contributed by atoms with Gasteiger partial charge in [0.1, 0.15) is 5.69 Å². The second-order valence-corrected chi connectivity index (χ2v) is 6.31. The number of anilines is 1. The van der Waals surface area contributed by atoms with Gasteiger partial charge in [0.15, 0.2) is 11.7 Å². The molecule has 1 aliphatic rings. The molecule has 0 bridgehead atoms. The summed E-state index contributed by atoms with van der Waals surface area (Å²) in [7, 11) is 1.57. The first-order valence-electron chi connectivity index (χ1n) is 8.92. The van der Waals surface area contributed by atoms with Crippen molar-refractivity contribution < 1.29 is 9.53 Å². The molecule has 1 aliphatic heterocycles. The zero-order chi connectivity index (χ0) is 18.4.